The Morgan fingerprint density at radius 3 is 2.38 bits per heavy atom. The van der Waals surface area contributed by atoms with E-state index in [9.17, 15) is 9.59 Å². The highest BCUT2D eigenvalue weighted by Crippen LogP contribution is 2.20. The molecule has 0 bridgehead atoms. The van der Waals surface area contributed by atoms with Crippen LogP contribution in [0.25, 0.3) is 11.0 Å². The normalized spacial score (nSPS) is 12.3. The van der Waals surface area contributed by atoms with E-state index in [2.05, 4.69) is 15.0 Å². The first-order valence-electron chi connectivity index (χ1n) is 6.89. The van der Waals surface area contributed by atoms with Crippen molar-refractivity contribution in [3.8, 4) is 0 Å². The van der Waals surface area contributed by atoms with Crippen LogP contribution in [-0.2, 0) is 12.0 Å². The fraction of sp³-hybridized carbons (Fsp3) is 0.571. The molecule has 2 heterocycles. The van der Waals surface area contributed by atoms with E-state index in [1.54, 1.807) is 0 Å². The summed E-state index contributed by atoms with van der Waals surface area (Å²) >= 11 is 5.25. The molecule has 2 aromatic heterocycles. The van der Waals surface area contributed by atoms with E-state index < -0.39 is 11.2 Å². The molecule has 0 aromatic carbocycles. The Labute approximate surface area is 127 Å². The fourth-order valence-electron chi connectivity index (χ4n) is 2.09. The third-order valence-corrected chi connectivity index (χ3v) is 3.42. The monoisotopic (exact) mass is 308 g/mol. The zero-order valence-electron chi connectivity index (χ0n) is 12.9. The van der Waals surface area contributed by atoms with Crippen LogP contribution in [0.5, 0.6) is 0 Å². The van der Waals surface area contributed by atoms with Crippen molar-refractivity contribution in [2.45, 2.75) is 46.6 Å². The summed E-state index contributed by atoms with van der Waals surface area (Å²) in [5.41, 5.74) is -0.743. The summed E-state index contributed by atoms with van der Waals surface area (Å²) in [5.74, 6) is 0.910. The lowest BCUT2D eigenvalue weighted by Gasteiger charge is -2.19. The third-order valence-electron chi connectivity index (χ3n) is 3.12. The van der Waals surface area contributed by atoms with Gasteiger partial charge < -0.3 is 4.98 Å². The maximum atomic E-state index is 12.1. The second-order valence-corrected chi connectivity index (χ2v) is 7.01. The Morgan fingerprint density at radius 2 is 1.86 bits per heavy atom. The number of nitrogens with one attached hydrogen (secondary N) is 2. The Hall–Kier alpha value is -1.76. The molecule has 6 nitrogen and oxygen atoms in total. The molecule has 0 saturated carbocycles. The van der Waals surface area contributed by atoms with Gasteiger partial charge in [0.25, 0.3) is 5.56 Å². The van der Waals surface area contributed by atoms with Gasteiger partial charge >= 0.3 is 5.69 Å². The predicted molar refractivity (Wildman–Crippen MR) is 85.3 cm³/mol. The molecule has 2 N–H and O–H groups in total. The van der Waals surface area contributed by atoms with Crippen LogP contribution in [0.1, 0.15) is 40.4 Å². The van der Waals surface area contributed by atoms with Gasteiger partial charge in [-0.05, 0) is 5.92 Å². The van der Waals surface area contributed by atoms with Crippen LogP contribution in [0.3, 0.4) is 0 Å². The van der Waals surface area contributed by atoms with Gasteiger partial charge in [-0.2, -0.15) is 0 Å². The Morgan fingerprint density at radius 1 is 1.24 bits per heavy atom. The number of rotatable bonds is 2. The lowest BCUT2D eigenvalue weighted by atomic mass is 9.96. The zero-order chi connectivity index (χ0) is 15.9. The molecular weight excluding hydrogens is 288 g/mol. The molecule has 0 spiro atoms. The molecule has 0 unspecified atom stereocenters. The van der Waals surface area contributed by atoms with Crippen LogP contribution >= 0.6 is 12.2 Å². The minimum atomic E-state index is -0.496. The molecule has 0 amide bonds. The van der Waals surface area contributed by atoms with Crippen molar-refractivity contribution in [1.82, 2.24) is 19.5 Å². The number of nitrogens with zero attached hydrogens (tertiary/aromatic N) is 2. The topological polar surface area (TPSA) is 83.5 Å². The van der Waals surface area contributed by atoms with Crippen LogP contribution in [0.2, 0.25) is 0 Å². The molecule has 114 valence electrons. The Balaban J connectivity index is 2.97. The summed E-state index contributed by atoms with van der Waals surface area (Å²) in [6.45, 7) is 10.5. The van der Waals surface area contributed by atoms with Crippen molar-refractivity contribution in [1.29, 1.82) is 0 Å². The van der Waals surface area contributed by atoms with Crippen molar-refractivity contribution in [2.75, 3.05) is 0 Å². The highest BCUT2D eigenvalue weighted by molar-refractivity contribution is 7.71. The molecule has 21 heavy (non-hydrogen) atoms. The van der Waals surface area contributed by atoms with Gasteiger partial charge in [0.1, 0.15) is 21.5 Å². The first-order valence-corrected chi connectivity index (χ1v) is 7.29. The highest BCUT2D eigenvalue weighted by atomic mass is 32.1. The molecule has 2 aromatic rings. The van der Waals surface area contributed by atoms with E-state index >= 15 is 0 Å². The molecule has 0 aliphatic heterocycles. The number of H-pyrrole nitrogens is 2. The van der Waals surface area contributed by atoms with E-state index in [0.717, 1.165) is 0 Å². The SMILES string of the molecule is CC(C)Cn1c(=O)[nH]c(=O)c2c(=S)nc(C(C)(C)C)[nH]c21. The van der Waals surface area contributed by atoms with Crippen molar-refractivity contribution in [3.63, 3.8) is 0 Å². The Kier molecular flexibility index (Phi) is 3.88. The number of aromatic amines is 2. The second kappa shape index (κ2) is 5.22. The lowest BCUT2D eigenvalue weighted by Crippen LogP contribution is -2.33. The van der Waals surface area contributed by atoms with Crippen LogP contribution < -0.4 is 11.2 Å². The molecule has 0 radical (unpaired) electrons. The fourth-order valence-corrected chi connectivity index (χ4v) is 2.37. The van der Waals surface area contributed by atoms with Gasteiger partial charge in [0.05, 0.1) is 0 Å². The van der Waals surface area contributed by atoms with E-state index in [0.29, 0.717) is 18.0 Å². The zero-order valence-corrected chi connectivity index (χ0v) is 13.7. The van der Waals surface area contributed by atoms with Crippen LogP contribution in [0.15, 0.2) is 9.59 Å². The van der Waals surface area contributed by atoms with Crippen molar-refractivity contribution in [2.24, 2.45) is 5.92 Å². The quantitative estimate of drug-likeness (QED) is 0.832. The van der Waals surface area contributed by atoms with Crippen molar-refractivity contribution >= 4 is 23.3 Å². The molecule has 0 saturated heterocycles. The van der Waals surface area contributed by atoms with Gasteiger partial charge in [-0.1, -0.05) is 46.8 Å². The van der Waals surface area contributed by atoms with Crippen molar-refractivity contribution < 1.29 is 0 Å². The van der Waals surface area contributed by atoms with Gasteiger partial charge in [-0.25, -0.2) is 9.78 Å². The number of hydrogen-bond donors (Lipinski definition) is 2. The molecule has 0 aliphatic carbocycles. The first kappa shape index (κ1) is 15.6. The summed E-state index contributed by atoms with van der Waals surface area (Å²) in [5, 5.41) is 0.262. The standard InChI is InChI=1S/C14H20N4O2S/c1-7(2)6-18-9-8(10(19)16-13(18)20)11(21)17-12(15-9)14(3,4)5/h7H,6H2,1-5H3,(H,15,17,21)(H,16,19,20). The van der Waals surface area contributed by atoms with Gasteiger partial charge in [0, 0.05) is 12.0 Å². The maximum Gasteiger partial charge on any atom is 0.329 e. The van der Waals surface area contributed by atoms with Crippen LogP contribution in [-0.4, -0.2) is 19.5 Å². The van der Waals surface area contributed by atoms with Gasteiger partial charge in [0.2, 0.25) is 0 Å². The van der Waals surface area contributed by atoms with E-state index in [1.807, 2.05) is 34.6 Å². The van der Waals surface area contributed by atoms with Gasteiger partial charge in [-0.3, -0.25) is 14.3 Å². The van der Waals surface area contributed by atoms with Gasteiger partial charge in [-0.15, -0.1) is 0 Å². The van der Waals surface area contributed by atoms with E-state index in [4.69, 9.17) is 12.2 Å². The number of aromatic nitrogens is 4. The summed E-state index contributed by atoms with van der Waals surface area (Å²) < 4.78 is 1.74. The lowest BCUT2D eigenvalue weighted by molar-refractivity contribution is 0.506. The Bertz CT molecular complexity index is 852. The maximum absolute atomic E-state index is 12.1. The van der Waals surface area contributed by atoms with E-state index in [1.165, 1.54) is 4.57 Å². The largest absolute Gasteiger partial charge is 0.329 e. The van der Waals surface area contributed by atoms with Crippen molar-refractivity contribution in [3.05, 3.63) is 31.3 Å². The predicted octanol–water partition coefficient (Wildman–Crippen LogP) is 2.10. The minimum absolute atomic E-state index is 0.215. The summed E-state index contributed by atoms with van der Waals surface area (Å²) in [7, 11) is 0. The molecule has 0 atom stereocenters. The van der Waals surface area contributed by atoms with Crippen LogP contribution in [0.4, 0.5) is 0 Å². The summed E-state index contributed by atoms with van der Waals surface area (Å²) in [4.78, 5) is 33.9. The molecular formula is C14H20N4O2S. The third kappa shape index (κ3) is 2.97. The molecule has 0 fully saturated rings. The van der Waals surface area contributed by atoms with Gasteiger partial charge in [0.15, 0.2) is 0 Å². The molecule has 7 heteroatoms. The highest BCUT2D eigenvalue weighted by Gasteiger charge is 2.20. The summed E-state index contributed by atoms with van der Waals surface area (Å²) in [6.07, 6.45) is 0. The average molecular weight is 308 g/mol. The molecule has 0 aliphatic rings. The summed E-state index contributed by atoms with van der Waals surface area (Å²) in [6, 6.07) is 0. The smallest absolute Gasteiger partial charge is 0.329 e. The van der Waals surface area contributed by atoms with E-state index in [-0.39, 0.29) is 21.4 Å². The first-order chi connectivity index (χ1) is 9.61. The molecule has 2 rings (SSSR count). The minimum Gasteiger partial charge on any atom is -0.329 e. The average Bonchev–Trinajstić information content (AvgIpc) is 2.31. The number of fused-ring (bicyclic) bond motifs is 1. The number of hydrogen-bond acceptors (Lipinski definition) is 4. The second-order valence-electron chi connectivity index (χ2n) is 6.63. The van der Waals surface area contributed by atoms with Crippen LogP contribution in [0, 0.1) is 10.6 Å².